The Morgan fingerprint density at radius 1 is 1.60 bits per heavy atom. The first kappa shape index (κ1) is 15.3. The predicted octanol–water partition coefficient (Wildman–Crippen LogP) is 1.24. The largest absolute Gasteiger partial charge is 0.351 e. The maximum absolute atomic E-state index is 12.6. The molecule has 2 aliphatic rings. The lowest BCUT2D eigenvalue weighted by Gasteiger charge is -2.37. The van der Waals surface area contributed by atoms with E-state index in [9.17, 15) is 4.79 Å². The molecule has 3 rings (SSSR count). The second-order valence-electron chi connectivity index (χ2n) is 5.93. The number of fused-ring (bicyclic) bond motifs is 1. The van der Waals surface area contributed by atoms with Crippen LogP contribution in [0.5, 0.6) is 0 Å². The van der Waals surface area contributed by atoms with Crippen LogP contribution in [0.3, 0.4) is 0 Å². The van der Waals surface area contributed by atoms with Crippen LogP contribution in [-0.4, -0.2) is 28.8 Å². The number of aryl methyl sites for hydroxylation is 1. The third-order valence-electron chi connectivity index (χ3n) is 4.70. The van der Waals surface area contributed by atoms with Crippen molar-refractivity contribution in [2.24, 2.45) is 18.4 Å². The SMILES string of the molecule is Cl.Cn1cc(CNC(=O)[C@@]23CCCC[C@H]2CNC3)cn1. The van der Waals surface area contributed by atoms with Crippen LogP contribution in [-0.2, 0) is 18.4 Å². The zero-order chi connectivity index (χ0) is 13.3. The van der Waals surface area contributed by atoms with E-state index in [1.54, 1.807) is 4.68 Å². The van der Waals surface area contributed by atoms with Crippen molar-refractivity contribution in [1.29, 1.82) is 0 Å². The lowest BCUT2D eigenvalue weighted by Crippen LogP contribution is -2.47. The molecule has 2 N–H and O–H groups in total. The van der Waals surface area contributed by atoms with E-state index in [-0.39, 0.29) is 23.7 Å². The number of halogens is 1. The van der Waals surface area contributed by atoms with Gasteiger partial charge in [0.1, 0.15) is 0 Å². The van der Waals surface area contributed by atoms with Gasteiger partial charge in [-0.2, -0.15) is 5.10 Å². The average Bonchev–Trinajstić information content (AvgIpc) is 3.02. The highest BCUT2D eigenvalue weighted by molar-refractivity contribution is 5.85. The molecular weight excluding hydrogens is 276 g/mol. The number of carbonyl (C=O) groups is 1. The molecule has 112 valence electrons. The van der Waals surface area contributed by atoms with E-state index < -0.39 is 0 Å². The maximum atomic E-state index is 12.6. The Morgan fingerprint density at radius 3 is 3.20 bits per heavy atom. The fourth-order valence-electron chi connectivity index (χ4n) is 3.61. The van der Waals surface area contributed by atoms with Crippen molar-refractivity contribution in [3.8, 4) is 0 Å². The summed E-state index contributed by atoms with van der Waals surface area (Å²) in [7, 11) is 1.89. The van der Waals surface area contributed by atoms with Crippen LogP contribution in [0.15, 0.2) is 12.4 Å². The highest BCUT2D eigenvalue weighted by Gasteiger charge is 2.49. The summed E-state index contributed by atoms with van der Waals surface area (Å²) in [4.78, 5) is 12.6. The van der Waals surface area contributed by atoms with Gasteiger partial charge in [0.15, 0.2) is 0 Å². The van der Waals surface area contributed by atoms with Crippen molar-refractivity contribution >= 4 is 18.3 Å². The minimum absolute atomic E-state index is 0. The number of hydrogen-bond acceptors (Lipinski definition) is 3. The van der Waals surface area contributed by atoms with Crippen LogP contribution in [0.25, 0.3) is 0 Å². The summed E-state index contributed by atoms with van der Waals surface area (Å²) in [6.07, 6.45) is 8.42. The molecule has 0 bridgehead atoms. The van der Waals surface area contributed by atoms with Crippen molar-refractivity contribution in [2.45, 2.75) is 32.2 Å². The number of amides is 1. The molecule has 1 aliphatic heterocycles. The van der Waals surface area contributed by atoms with E-state index in [0.717, 1.165) is 25.1 Å². The van der Waals surface area contributed by atoms with Crippen molar-refractivity contribution < 1.29 is 4.79 Å². The zero-order valence-corrected chi connectivity index (χ0v) is 12.7. The van der Waals surface area contributed by atoms with Gasteiger partial charge in [-0.3, -0.25) is 9.48 Å². The van der Waals surface area contributed by atoms with Crippen LogP contribution >= 0.6 is 12.4 Å². The number of nitrogens with one attached hydrogen (secondary N) is 2. The Morgan fingerprint density at radius 2 is 2.45 bits per heavy atom. The first-order valence-electron chi connectivity index (χ1n) is 7.17. The minimum atomic E-state index is -0.152. The Kier molecular flexibility index (Phi) is 4.70. The summed E-state index contributed by atoms with van der Waals surface area (Å²) in [5.74, 6) is 0.751. The van der Waals surface area contributed by atoms with E-state index in [1.165, 1.54) is 19.3 Å². The Bertz CT molecular complexity index is 475. The Balaban J connectivity index is 0.00000147. The van der Waals surface area contributed by atoms with Gasteiger partial charge in [0.2, 0.25) is 5.91 Å². The molecular formula is C14H23ClN4O. The molecule has 2 atom stereocenters. The van der Waals surface area contributed by atoms with Gasteiger partial charge >= 0.3 is 0 Å². The van der Waals surface area contributed by atoms with Gasteiger partial charge < -0.3 is 10.6 Å². The van der Waals surface area contributed by atoms with Crippen LogP contribution < -0.4 is 10.6 Å². The normalized spacial score (nSPS) is 28.6. The molecule has 5 nitrogen and oxygen atoms in total. The first-order valence-corrected chi connectivity index (χ1v) is 7.17. The molecule has 1 saturated carbocycles. The van der Waals surface area contributed by atoms with Crippen molar-refractivity contribution in [3.05, 3.63) is 18.0 Å². The van der Waals surface area contributed by atoms with Crippen LogP contribution in [0.1, 0.15) is 31.2 Å². The third-order valence-corrected chi connectivity index (χ3v) is 4.70. The first-order chi connectivity index (χ1) is 9.21. The Hall–Kier alpha value is -1.07. The van der Waals surface area contributed by atoms with E-state index in [4.69, 9.17) is 0 Å². The molecule has 1 amide bonds. The van der Waals surface area contributed by atoms with E-state index in [0.29, 0.717) is 12.5 Å². The zero-order valence-electron chi connectivity index (χ0n) is 11.9. The number of hydrogen-bond donors (Lipinski definition) is 2. The quantitative estimate of drug-likeness (QED) is 0.883. The van der Waals surface area contributed by atoms with Gasteiger partial charge in [-0.25, -0.2) is 0 Å². The predicted molar refractivity (Wildman–Crippen MR) is 79.6 cm³/mol. The van der Waals surface area contributed by atoms with Gasteiger partial charge in [0, 0.05) is 31.9 Å². The number of carbonyl (C=O) groups excluding carboxylic acids is 1. The highest BCUT2D eigenvalue weighted by Crippen LogP contribution is 2.43. The smallest absolute Gasteiger partial charge is 0.228 e. The van der Waals surface area contributed by atoms with Gasteiger partial charge in [0.05, 0.1) is 11.6 Å². The molecule has 1 aliphatic carbocycles. The molecule has 2 fully saturated rings. The standard InChI is InChI=1S/C14H22N4O.ClH/c1-18-9-11(7-17-18)6-16-13(19)14-5-3-2-4-12(14)8-15-10-14;/h7,9,12,15H,2-6,8,10H2,1H3,(H,16,19);1H/t12-,14+;/m0./s1. The second-order valence-corrected chi connectivity index (χ2v) is 5.93. The second kappa shape index (κ2) is 6.14. The van der Waals surface area contributed by atoms with Crippen LogP contribution in [0, 0.1) is 11.3 Å². The fraction of sp³-hybridized carbons (Fsp3) is 0.714. The lowest BCUT2D eigenvalue weighted by atomic mass is 9.67. The molecule has 6 heteroatoms. The van der Waals surface area contributed by atoms with Gasteiger partial charge in [-0.1, -0.05) is 12.8 Å². The molecule has 0 aromatic carbocycles. The summed E-state index contributed by atoms with van der Waals surface area (Å²) in [6, 6.07) is 0. The molecule has 0 radical (unpaired) electrons. The summed E-state index contributed by atoms with van der Waals surface area (Å²) in [5, 5.41) is 10.6. The lowest BCUT2D eigenvalue weighted by molar-refractivity contribution is -0.134. The Labute approximate surface area is 125 Å². The molecule has 1 aromatic rings. The molecule has 1 saturated heterocycles. The number of nitrogens with zero attached hydrogens (tertiary/aromatic N) is 2. The third kappa shape index (κ3) is 2.69. The van der Waals surface area contributed by atoms with E-state index >= 15 is 0 Å². The molecule has 20 heavy (non-hydrogen) atoms. The molecule has 2 heterocycles. The minimum Gasteiger partial charge on any atom is -0.351 e. The maximum Gasteiger partial charge on any atom is 0.228 e. The summed E-state index contributed by atoms with van der Waals surface area (Å²) in [6.45, 7) is 2.43. The number of aromatic nitrogens is 2. The summed E-state index contributed by atoms with van der Waals surface area (Å²) in [5.41, 5.74) is 0.908. The molecule has 0 spiro atoms. The topological polar surface area (TPSA) is 59.0 Å². The van der Waals surface area contributed by atoms with Crippen molar-refractivity contribution in [1.82, 2.24) is 20.4 Å². The van der Waals surface area contributed by atoms with Crippen LogP contribution in [0.2, 0.25) is 0 Å². The molecule has 1 aromatic heterocycles. The highest BCUT2D eigenvalue weighted by atomic mass is 35.5. The van der Waals surface area contributed by atoms with Gasteiger partial charge in [-0.15, -0.1) is 12.4 Å². The summed E-state index contributed by atoms with van der Waals surface area (Å²) < 4.78 is 1.76. The van der Waals surface area contributed by atoms with Crippen molar-refractivity contribution in [2.75, 3.05) is 13.1 Å². The fourth-order valence-corrected chi connectivity index (χ4v) is 3.61. The van der Waals surface area contributed by atoms with Gasteiger partial charge in [-0.05, 0) is 25.3 Å². The van der Waals surface area contributed by atoms with Crippen molar-refractivity contribution in [3.63, 3.8) is 0 Å². The van der Waals surface area contributed by atoms with E-state index in [2.05, 4.69) is 15.7 Å². The number of rotatable bonds is 3. The molecule has 0 unspecified atom stereocenters. The summed E-state index contributed by atoms with van der Waals surface area (Å²) >= 11 is 0. The average molecular weight is 299 g/mol. The monoisotopic (exact) mass is 298 g/mol. The van der Waals surface area contributed by atoms with Gasteiger partial charge in [0.25, 0.3) is 0 Å². The van der Waals surface area contributed by atoms with E-state index in [1.807, 2.05) is 19.4 Å². The van der Waals surface area contributed by atoms with Crippen LogP contribution in [0.4, 0.5) is 0 Å².